The lowest BCUT2D eigenvalue weighted by Crippen LogP contribution is -2.11. The molecule has 0 amide bonds. The van der Waals surface area contributed by atoms with Crippen LogP contribution in [0.2, 0.25) is 0 Å². The molecule has 1 unspecified atom stereocenters. The number of benzene rings is 2. The quantitative estimate of drug-likeness (QED) is 0.587. The predicted octanol–water partition coefficient (Wildman–Crippen LogP) is 4.37. The highest BCUT2D eigenvalue weighted by atomic mass is 16.5. The fraction of sp³-hybridized carbons (Fsp3) is 0.200. The number of ether oxygens (including phenoxy) is 1. The highest BCUT2D eigenvalue weighted by Gasteiger charge is 2.12. The molecule has 134 valence electrons. The highest BCUT2D eigenvalue weighted by Crippen LogP contribution is 2.29. The second kappa shape index (κ2) is 8.20. The molecule has 0 saturated carbocycles. The van der Waals surface area contributed by atoms with Crippen LogP contribution in [0.25, 0.3) is 0 Å². The standard InChI is InChI=1S/C20H23N5O/c1-3-26-17-11-9-16(10-12-17)25-20-18(21)19(22-13-23-20)24-14(2)15-7-5-4-6-8-15/h4-14H,3,21H2,1-2H3,(H2,22,23,24,25). The molecule has 2 aromatic carbocycles. The van der Waals surface area contributed by atoms with Crippen molar-refractivity contribution in [2.24, 2.45) is 0 Å². The monoisotopic (exact) mass is 349 g/mol. The Morgan fingerprint density at radius 3 is 2.38 bits per heavy atom. The minimum absolute atomic E-state index is 0.0757. The van der Waals surface area contributed by atoms with Gasteiger partial charge < -0.3 is 21.1 Å². The van der Waals surface area contributed by atoms with E-state index in [1.54, 1.807) is 0 Å². The Labute approximate surface area is 153 Å². The van der Waals surface area contributed by atoms with E-state index in [2.05, 4.69) is 39.7 Å². The third kappa shape index (κ3) is 4.22. The fourth-order valence-corrected chi connectivity index (χ4v) is 2.58. The van der Waals surface area contributed by atoms with Gasteiger partial charge in [0.05, 0.1) is 12.6 Å². The normalized spacial score (nSPS) is 11.6. The van der Waals surface area contributed by atoms with Crippen LogP contribution in [0.15, 0.2) is 60.9 Å². The first-order chi connectivity index (χ1) is 12.7. The van der Waals surface area contributed by atoms with Gasteiger partial charge in [-0.15, -0.1) is 0 Å². The number of nitrogens with one attached hydrogen (secondary N) is 2. The summed E-state index contributed by atoms with van der Waals surface area (Å²) in [6.07, 6.45) is 1.49. The van der Waals surface area contributed by atoms with E-state index < -0.39 is 0 Å². The van der Waals surface area contributed by atoms with E-state index in [1.807, 2.05) is 49.4 Å². The van der Waals surface area contributed by atoms with Crippen LogP contribution in [0.4, 0.5) is 23.0 Å². The van der Waals surface area contributed by atoms with Crippen LogP contribution in [0.5, 0.6) is 5.75 Å². The Kier molecular flexibility index (Phi) is 5.53. The lowest BCUT2D eigenvalue weighted by atomic mass is 10.1. The average Bonchev–Trinajstić information content (AvgIpc) is 2.67. The second-order valence-corrected chi connectivity index (χ2v) is 5.84. The van der Waals surface area contributed by atoms with Gasteiger partial charge >= 0.3 is 0 Å². The fourth-order valence-electron chi connectivity index (χ4n) is 2.58. The zero-order valence-electron chi connectivity index (χ0n) is 14.9. The summed E-state index contributed by atoms with van der Waals surface area (Å²) in [6, 6.07) is 17.9. The first-order valence-corrected chi connectivity index (χ1v) is 8.59. The maximum Gasteiger partial charge on any atom is 0.159 e. The van der Waals surface area contributed by atoms with E-state index in [9.17, 15) is 0 Å². The van der Waals surface area contributed by atoms with Crippen molar-refractivity contribution < 1.29 is 4.74 Å². The molecule has 0 aliphatic rings. The van der Waals surface area contributed by atoms with E-state index >= 15 is 0 Å². The number of aromatic nitrogens is 2. The number of anilines is 4. The molecule has 1 heterocycles. The Bertz CT molecular complexity index is 837. The molecule has 6 nitrogen and oxygen atoms in total. The Morgan fingerprint density at radius 2 is 1.69 bits per heavy atom. The molecule has 26 heavy (non-hydrogen) atoms. The SMILES string of the molecule is CCOc1ccc(Nc2ncnc(NC(C)c3ccccc3)c2N)cc1. The summed E-state index contributed by atoms with van der Waals surface area (Å²) in [4.78, 5) is 8.53. The van der Waals surface area contributed by atoms with Crippen molar-refractivity contribution in [3.05, 3.63) is 66.5 Å². The number of hydrogen-bond donors (Lipinski definition) is 3. The van der Waals surface area contributed by atoms with Crippen molar-refractivity contribution in [2.45, 2.75) is 19.9 Å². The van der Waals surface area contributed by atoms with Gasteiger partial charge in [0.2, 0.25) is 0 Å². The van der Waals surface area contributed by atoms with Gasteiger partial charge in [0, 0.05) is 5.69 Å². The average molecular weight is 349 g/mol. The van der Waals surface area contributed by atoms with Crippen molar-refractivity contribution in [2.75, 3.05) is 23.0 Å². The van der Waals surface area contributed by atoms with Crippen LogP contribution in [0.1, 0.15) is 25.5 Å². The van der Waals surface area contributed by atoms with Gasteiger partial charge in [-0.1, -0.05) is 30.3 Å². The summed E-state index contributed by atoms with van der Waals surface area (Å²) >= 11 is 0. The molecule has 3 rings (SSSR count). The minimum Gasteiger partial charge on any atom is -0.494 e. The molecular formula is C20H23N5O. The molecule has 0 fully saturated rings. The van der Waals surface area contributed by atoms with Crippen LogP contribution in [0.3, 0.4) is 0 Å². The lowest BCUT2D eigenvalue weighted by Gasteiger charge is -2.17. The number of hydrogen-bond acceptors (Lipinski definition) is 6. The van der Waals surface area contributed by atoms with Crippen LogP contribution >= 0.6 is 0 Å². The second-order valence-electron chi connectivity index (χ2n) is 5.84. The van der Waals surface area contributed by atoms with E-state index in [0.29, 0.717) is 23.9 Å². The maximum absolute atomic E-state index is 6.26. The van der Waals surface area contributed by atoms with Crippen molar-refractivity contribution in [1.29, 1.82) is 0 Å². The summed E-state index contributed by atoms with van der Waals surface area (Å²) in [5.74, 6) is 1.99. The summed E-state index contributed by atoms with van der Waals surface area (Å²) in [6.45, 7) is 4.66. The van der Waals surface area contributed by atoms with Gasteiger partial charge in [-0.05, 0) is 43.7 Å². The molecular weight excluding hydrogens is 326 g/mol. The van der Waals surface area contributed by atoms with Crippen molar-refractivity contribution in [3.8, 4) is 5.75 Å². The van der Waals surface area contributed by atoms with Gasteiger partial charge in [-0.25, -0.2) is 9.97 Å². The Balaban J connectivity index is 1.74. The van der Waals surface area contributed by atoms with Gasteiger partial charge in [0.15, 0.2) is 11.6 Å². The van der Waals surface area contributed by atoms with Gasteiger partial charge in [0.1, 0.15) is 17.8 Å². The number of nitrogen functional groups attached to an aromatic ring is 1. The molecule has 3 aromatic rings. The molecule has 6 heteroatoms. The molecule has 0 bridgehead atoms. The Morgan fingerprint density at radius 1 is 1.00 bits per heavy atom. The van der Waals surface area contributed by atoms with Crippen molar-refractivity contribution >= 4 is 23.0 Å². The van der Waals surface area contributed by atoms with Crippen LogP contribution in [-0.4, -0.2) is 16.6 Å². The number of rotatable bonds is 7. The van der Waals surface area contributed by atoms with Crippen molar-refractivity contribution in [1.82, 2.24) is 9.97 Å². The van der Waals surface area contributed by atoms with E-state index in [-0.39, 0.29) is 6.04 Å². The first-order valence-electron chi connectivity index (χ1n) is 8.59. The number of nitrogens with two attached hydrogens (primary N) is 1. The zero-order valence-corrected chi connectivity index (χ0v) is 14.9. The smallest absolute Gasteiger partial charge is 0.159 e. The van der Waals surface area contributed by atoms with Gasteiger partial charge in [-0.2, -0.15) is 0 Å². The summed E-state index contributed by atoms with van der Waals surface area (Å²) < 4.78 is 5.45. The molecule has 0 spiro atoms. The lowest BCUT2D eigenvalue weighted by molar-refractivity contribution is 0.340. The Hall–Kier alpha value is -3.28. The molecule has 0 saturated heterocycles. The van der Waals surface area contributed by atoms with E-state index in [0.717, 1.165) is 17.0 Å². The molecule has 0 aliphatic carbocycles. The van der Waals surface area contributed by atoms with Gasteiger partial charge in [-0.3, -0.25) is 0 Å². The third-order valence-corrected chi connectivity index (χ3v) is 3.96. The predicted molar refractivity (Wildman–Crippen MR) is 106 cm³/mol. The number of nitrogens with zero attached hydrogens (tertiary/aromatic N) is 2. The summed E-state index contributed by atoms with van der Waals surface area (Å²) in [7, 11) is 0. The van der Waals surface area contributed by atoms with Crippen molar-refractivity contribution in [3.63, 3.8) is 0 Å². The molecule has 0 aliphatic heterocycles. The van der Waals surface area contributed by atoms with E-state index in [1.165, 1.54) is 6.33 Å². The molecule has 1 aromatic heterocycles. The largest absolute Gasteiger partial charge is 0.494 e. The highest BCUT2D eigenvalue weighted by molar-refractivity contribution is 5.77. The van der Waals surface area contributed by atoms with E-state index in [4.69, 9.17) is 10.5 Å². The maximum atomic E-state index is 6.26. The van der Waals surface area contributed by atoms with Gasteiger partial charge in [0.25, 0.3) is 0 Å². The minimum atomic E-state index is 0.0757. The third-order valence-electron chi connectivity index (χ3n) is 3.96. The summed E-state index contributed by atoms with van der Waals surface area (Å²) in [5.41, 5.74) is 8.77. The zero-order chi connectivity index (χ0) is 18.4. The first kappa shape index (κ1) is 17.5. The molecule has 4 N–H and O–H groups in total. The van der Waals surface area contributed by atoms with Crippen LogP contribution in [-0.2, 0) is 0 Å². The molecule has 1 atom stereocenters. The van der Waals surface area contributed by atoms with Crippen LogP contribution < -0.4 is 21.1 Å². The van der Waals surface area contributed by atoms with Crippen LogP contribution in [0, 0.1) is 0 Å². The topological polar surface area (TPSA) is 85.1 Å². The summed E-state index contributed by atoms with van der Waals surface area (Å²) in [5, 5.41) is 6.57. The molecule has 0 radical (unpaired) electrons.